The predicted octanol–water partition coefficient (Wildman–Crippen LogP) is 2.91. The van der Waals surface area contributed by atoms with Crippen LogP contribution in [0.2, 0.25) is 0 Å². The summed E-state index contributed by atoms with van der Waals surface area (Å²) in [5.41, 5.74) is 2.99. The van der Waals surface area contributed by atoms with E-state index < -0.39 is 0 Å². The SMILES string of the molecule is CN1CCC(N2CCCc3cc(Br)ccc32)C1. The number of benzene rings is 1. The minimum atomic E-state index is 0.722. The van der Waals surface area contributed by atoms with Crippen molar-refractivity contribution in [3.05, 3.63) is 28.2 Å². The maximum Gasteiger partial charge on any atom is 0.0429 e. The molecule has 1 unspecified atom stereocenters. The molecule has 1 fully saturated rings. The van der Waals surface area contributed by atoms with Crippen molar-refractivity contribution in [2.24, 2.45) is 0 Å². The van der Waals surface area contributed by atoms with Gasteiger partial charge in [-0.1, -0.05) is 15.9 Å². The Morgan fingerprint density at radius 1 is 1.29 bits per heavy atom. The predicted molar refractivity (Wildman–Crippen MR) is 75.7 cm³/mol. The molecule has 2 aliphatic heterocycles. The highest BCUT2D eigenvalue weighted by Crippen LogP contribution is 2.32. The summed E-state index contributed by atoms with van der Waals surface area (Å²) in [6.07, 6.45) is 3.84. The Morgan fingerprint density at radius 3 is 2.94 bits per heavy atom. The van der Waals surface area contributed by atoms with Gasteiger partial charge in [0.1, 0.15) is 0 Å². The molecule has 1 aromatic rings. The summed E-state index contributed by atoms with van der Waals surface area (Å²) in [6.45, 7) is 3.69. The summed E-state index contributed by atoms with van der Waals surface area (Å²) < 4.78 is 1.21. The van der Waals surface area contributed by atoms with Crippen molar-refractivity contribution in [2.75, 3.05) is 31.6 Å². The number of rotatable bonds is 1. The van der Waals surface area contributed by atoms with Crippen LogP contribution in [0.5, 0.6) is 0 Å². The number of anilines is 1. The summed E-state index contributed by atoms with van der Waals surface area (Å²) >= 11 is 3.58. The van der Waals surface area contributed by atoms with Crippen molar-refractivity contribution >= 4 is 21.6 Å². The topological polar surface area (TPSA) is 6.48 Å². The number of fused-ring (bicyclic) bond motifs is 1. The van der Waals surface area contributed by atoms with Crippen LogP contribution in [-0.4, -0.2) is 37.6 Å². The van der Waals surface area contributed by atoms with Crippen LogP contribution >= 0.6 is 15.9 Å². The molecule has 1 atom stereocenters. The molecule has 0 spiro atoms. The minimum Gasteiger partial charge on any atom is -0.367 e. The van der Waals surface area contributed by atoms with E-state index in [-0.39, 0.29) is 0 Å². The van der Waals surface area contributed by atoms with E-state index in [4.69, 9.17) is 0 Å². The van der Waals surface area contributed by atoms with Gasteiger partial charge in [-0.25, -0.2) is 0 Å². The average molecular weight is 295 g/mol. The fourth-order valence-electron chi connectivity index (χ4n) is 3.14. The molecule has 0 aromatic heterocycles. The van der Waals surface area contributed by atoms with Crippen LogP contribution in [0.3, 0.4) is 0 Å². The Hall–Kier alpha value is -0.540. The molecule has 0 amide bonds. The Kier molecular flexibility index (Phi) is 3.14. The molecule has 2 heterocycles. The third kappa shape index (κ3) is 2.23. The van der Waals surface area contributed by atoms with Crippen molar-refractivity contribution < 1.29 is 0 Å². The molecular weight excluding hydrogens is 276 g/mol. The van der Waals surface area contributed by atoms with Crippen LogP contribution < -0.4 is 4.90 Å². The lowest BCUT2D eigenvalue weighted by Gasteiger charge is -2.36. The van der Waals surface area contributed by atoms with Gasteiger partial charge < -0.3 is 9.80 Å². The molecule has 3 heteroatoms. The lowest BCUT2D eigenvalue weighted by molar-refractivity contribution is 0.406. The van der Waals surface area contributed by atoms with E-state index in [2.05, 4.69) is 51.0 Å². The number of aryl methyl sites for hydroxylation is 1. The highest BCUT2D eigenvalue weighted by molar-refractivity contribution is 9.10. The first-order valence-electron chi connectivity index (χ1n) is 6.47. The van der Waals surface area contributed by atoms with E-state index in [1.807, 2.05) is 0 Å². The van der Waals surface area contributed by atoms with Gasteiger partial charge in [-0.15, -0.1) is 0 Å². The van der Waals surface area contributed by atoms with Crippen molar-refractivity contribution in [3.8, 4) is 0 Å². The molecular formula is C14H19BrN2. The summed E-state index contributed by atoms with van der Waals surface area (Å²) in [4.78, 5) is 5.08. The molecule has 3 rings (SSSR count). The molecule has 2 nitrogen and oxygen atoms in total. The van der Waals surface area contributed by atoms with Gasteiger partial charge >= 0.3 is 0 Å². The summed E-state index contributed by atoms with van der Waals surface area (Å²) in [7, 11) is 2.23. The first-order chi connectivity index (χ1) is 8.24. The maximum absolute atomic E-state index is 3.58. The minimum absolute atomic E-state index is 0.722. The largest absolute Gasteiger partial charge is 0.367 e. The smallest absolute Gasteiger partial charge is 0.0429 e. The number of nitrogens with zero attached hydrogens (tertiary/aromatic N) is 2. The number of likely N-dealkylation sites (N-methyl/N-ethyl adjacent to an activating group) is 1. The van der Waals surface area contributed by atoms with Crippen LogP contribution in [0.1, 0.15) is 18.4 Å². The summed E-state index contributed by atoms with van der Waals surface area (Å²) in [5.74, 6) is 0. The zero-order valence-electron chi connectivity index (χ0n) is 10.3. The molecule has 0 N–H and O–H groups in total. The lowest BCUT2D eigenvalue weighted by Crippen LogP contribution is -2.40. The van der Waals surface area contributed by atoms with E-state index in [1.165, 1.54) is 54.6 Å². The molecule has 92 valence electrons. The van der Waals surface area contributed by atoms with E-state index in [0.29, 0.717) is 0 Å². The van der Waals surface area contributed by atoms with Crippen molar-refractivity contribution in [1.82, 2.24) is 4.90 Å². The molecule has 0 radical (unpaired) electrons. The molecule has 1 saturated heterocycles. The van der Waals surface area contributed by atoms with Gasteiger partial charge in [-0.3, -0.25) is 0 Å². The zero-order valence-corrected chi connectivity index (χ0v) is 11.9. The third-order valence-corrected chi connectivity index (χ3v) is 4.50. The van der Waals surface area contributed by atoms with Crippen LogP contribution in [0.15, 0.2) is 22.7 Å². The molecule has 2 aliphatic rings. The van der Waals surface area contributed by atoms with Crippen molar-refractivity contribution in [1.29, 1.82) is 0 Å². The van der Waals surface area contributed by atoms with Gasteiger partial charge in [0.15, 0.2) is 0 Å². The van der Waals surface area contributed by atoms with Gasteiger partial charge in [0.25, 0.3) is 0 Å². The van der Waals surface area contributed by atoms with Crippen LogP contribution in [-0.2, 0) is 6.42 Å². The quantitative estimate of drug-likeness (QED) is 0.786. The Bertz CT molecular complexity index is 419. The van der Waals surface area contributed by atoms with Gasteiger partial charge in [0.2, 0.25) is 0 Å². The van der Waals surface area contributed by atoms with Crippen LogP contribution in [0, 0.1) is 0 Å². The average Bonchev–Trinajstić information content (AvgIpc) is 2.74. The fourth-order valence-corrected chi connectivity index (χ4v) is 3.55. The van der Waals surface area contributed by atoms with E-state index in [9.17, 15) is 0 Å². The molecule has 17 heavy (non-hydrogen) atoms. The second kappa shape index (κ2) is 4.62. The first kappa shape index (κ1) is 11.5. The molecule has 0 saturated carbocycles. The second-order valence-electron chi connectivity index (χ2n) is 5.27. The maximum atomic E-state index is 3.58. The van der Waals surface area contributed by atoms with E-state index >= 15 is 0 Å². The van der Waals surface area contributed by atoms with E-state index in [1.54, 1.807) is 0 Å². The Morgan fingerprint density at radius 2 is 2.18 bits per heavy atom. The fraction of sp³-hybridized carbons (Fsp3) is 0.571. The highest BCUT2D eigenvalue weighted by atomic mass is 79.9. The molecule has 0 aliphatic carbocycles. The van der Waals surface area contributed by atoms with Crippen molar-refractivity contribution in [2.45, 2.75) is 25.3 Å². The first-order valence-corrected chi connectivity index (χ1v) is 7.27. The zero-order chi connectivity index (χ0) is 11.8. The molecule has 0 bridgehead atoms. The number of hydrogen-bond acceptors (Lipinski definition) is 2. The molecule has 1 aromatic carbocycles. The highest BCUT2D eigenvalue weighted by Gasteiger charge is 2.28. The second-order valence-corrected chi connectivity index (χ2v) is 6.19. The van der Waals surface area contributed by atoms with Crippen LogP contribution in [0.25, 0.3) is 0 Å². The third-order valence-electron chi connectivity index (χ3n) is 4.00. The van der Waals surface area contributed by atoms with Gasteiger partial charge in [-0.2, -0.15) is 0 Å². The van der Waals surface area contributed by atoms with Crippen molar-refractivity contribution in [3.63, 3.8) is 0 Å². The Labute approximate surface area is 112 Å². The van der Waals surface area contributed by atoms with Gasteiger partial charge in [-0.05, 0) is 56.6 Å². The normalized spacial score (nSPS) is 25.1. The number of hydrogen-bond donors (Lipinski definition) is 0. The van der Waals surface area contributed by atoms with Gasteiger partial charge in [0.05, 0.1) is 0 Å². The van der Waals surface area contributed by atoms with E-state index in [0.717, 1.165) is 6.04 Å². The summed E-state index contributed by atoms with van der Waals surface area (Å²) in [5, 5.41) is 0. The lowest BCUT2D eigenvalue weighted by atomic mass is 10.00. The summed E-state index contributed by atoms with van der Waals surface area (Å²) in [6, 6.07) is 7.48. The number of halogens is 1. The monoisotopic (exact) mass is 294 g/mol. The Balaban J connectivity index is 1.89. The standard InChI is InChI=1S/C14H19BrN2/c1-16-8-6-13(10-16)17-7-2-3-11-9-12(15)4-5-14(11)17/h4-5,9,13H,2-3,6-8,10H2,1H3. The number of likely N-dealkylation sites (tertiary alicyclic amines) is 1. The van der Waals surface area contributed by atoms with Gasteiger partial charge in [0, 0.05) is 29.3 Å². The van der Waals surface area contributed by atoms with Crippen LogP contribution in [0.4, 0.5) is 5.69 Å².